The summed E-state index contributed by atoms with van der Waals surface area (Å²) in [6.45, 7) is 2.56. The molecule has 1 N–H and O–H groups in total. The lowest BCUT2D eigenvalue weighted by Gasteiger charge is -2.05. The predicted octanol–water partition coefficient (Wildman–Crippen LogP) is 4.71. The zero-order valence-electron chi connectivity index (χ0n) is 12.2. The van der Waals surface area contributed by atoms with Crippen LogP contribution in [0.15, 0.2) is 45.3 Å². The maximum Gasteiger partial charge on any atom is 0.216 e. The van der Waals surface area contributed by atoms with Crippen molar-refractivity contribution in [1.29, 1.82) is 0 Å². The highest BCUT2D eigenvalue weighted by Gasteiger charge is 2.09. The molecule has 5 nitrogen and oxygen atoms in total. The molecule has 2 aromatic heterocycles. The van der Waals surface area contributed by atoms with Crippen LogP contribution in [0.2, 0.25) is 0 Å². The first-order valence-electron chi connectivity index (χ1n) is 6.87. The van der Waals surface area contributed by atoms with Crippen LogP contribution in [0.3, 0.4) is 0 Å². The summed E-state index contributed by atoms with van der Waals surface area (Å²) in [5.41, 5.74) is 0.882. The highest BCUT2D eigenvalue weighted by Crippen LogP contribution is 2.23. The first kappa shape index (κ1) is 16.1. The molecular formula is C15H13BrN4OS2. The van der Waals surface area contributed by atoms with E-state index in [2.05, 4.69) is 31.2 Å². The minimum absolute atomic E-state index is 0.439. The van der Waals surface area contributed by atoms with Gasteiger partial charge in [-0.2, -0.15) is 14.9 Å². The van der Waals surface area contributed by atoms with Crippen LogP contribution in [0.4, 0.5) is 0 Å². The highest BCUT2D eigenvalue weighted by atomic mass is 79.9. The maximum absolute atomic E-state index is 5.53. The third-order valence-corrected chi connectivity index (χ3v) is 4.77. The molecule has 8 heteroatoms. The number of halogens is 1. The number of benzene rings is 1. The van der Waals surface area contributed by atoms with Crippen LogP contribution < -0.4 is 4.74 Å². The average Bonchev–Trinajstić information content (AvgIpc) is 3.12. The summed E-state index contributed by atoms with van der Waals surface area (Å²) in [5.74, 6) is 1.43. The zero-order chi connectivity index (χ0) is 16.2. The van der Waals surface area contributed by atoms with E-state index in [-0.39, 0.29) is 0 Å². The Labute approximate surface area is 150 Å². The van der Waals surface area contributed by atoms with Gasteiger partial charge < -0.3 is 4.74 Å². The van der Waals surface area contributed by atoms with Crippen LogP contribution in [-0.2, 0) is 0 Å². The van der Waals surface area contributed by atoms with Gasteiger partial charge in [0.25, 0.3) is 0 Å². The van der Waals surface area contributed by atoms with Crippen molar-refractivity contribution in [1.82, 2.24) is 14.9 Å². The normalized spacial score (nSPS) is 11.2. The zero-order valence-corrected chi connectivity index (χ0v) is 15.4. The number of H-pyrrole nitrogens is 1. The van der Waals surface area contributed by atoms with Crippen LogP contribution >= 0.6 is 39.5 Å². The van der Waals surface area contributed by atoms with Gasteiger partial charge in [-0.25, -0.2) is 5.10 Å². The van der Waals surface area contributed by atoms with Crippen molar-refractivity contribution in [2.24, 2.45) is 5.10 Å². The van der Waals surface area contributed by atoms with Crippen LogP contribution in [0, 0.1) is 4.77 Å². The van der Waals surface area contributed by atoms with E-state index in [9.17, 15) is 0 Å². The minimum Gasteiger partial charge on any atom is -0.494 e. The van der Waals surface area contributed by atoms with Gasteiger partial charge in [0.1, 0.15) is 5.75 Å². The van der Waals surface area contributed by atoms with Crippen molar-refractivity contribution in [3.05, 3.63) is 49.8 Å². The lowest BCUT2D eigenvalue weighted by molar-refractivity contribution is 0.340. The molecule has 0 amide bonds. The van der Waals surface area contributed by atoms with Gasteiger partial charge >= 0.3 is 0 Å². The Morgan fingerprint density at radius 3 is 3.04 bits per heavy atom. The average molecular weight is 409 g/mol. The van der Waals surface area contributed by atoms with Gasteiger partial charge in [-0.3, -0.25) is 0 Å². The number of hydrogen-bond donors (Lipinski definition) is 1. The van der Waals surface area contributed by atoms with Crippen molar-refractivity contribution >= 4 is 45.7 Å². The lowest BCUT2D eigenvalue weighted by Crippen LogP contribution is -1.96. The molecule has 0 aliphatic carbocycles. The molecule has 0 aliphatic heterocycles. The van der Waals surface area contributed by atoms with E-state index in [1.165, 1.54) is 0 Å². The fourth-order valence-corrected chi connectivity index (χ4v) is 3.46. The maximum atomic E-state index is 5.53. The fraction of sp³-hybridized carbons (Fsp3) is 0.133. The Hall–Kier alpha value is -1.77. The second-order valence-corrected chi connectivity index (χ2v) is 7.39. The summed E-state index contributed by atoms with van der Waals surface area (Å²) < 4.78 is 8.63. The van der Waals surface area contributed by atoms with Crippen molar-refractivity contribution in [3.8, 4) is 17.1 Å². The number of ether oxygens (including phenoxy) is 1. The molecule has 0 saturated carbocycles. The molecule has 0 spiro atoms. The summed E-state index contributed by atoms with van der Waals surface area (Å²) in [5, 5.41) is 11.5. The van der Waals surface area contributed by atoms with Crippen molar-refractivity contribution in [2.75, 3.05) is 6.61 Å². The molecule has 23 heavy (non-hydrogen) atoms. The Balaban J connectivity index is 1.97. The number of rotatable bonds is 5. The van der Waals surface area contributed by atoms with E-state index >= 15 is 0 Å². The number of aromatic nitrogens is 3. The van der Waals surface area contributed by atoms with Crippen molar-refractivity contribution in [2.45, 2.75) is 6.92 Å². The van der Waals surface area contributed by atoms with Gasteiger partial charge in [0.15, 0.2) is 5.82 Å². The molecular weight excluding hydrogens is 396 g/mol. The monoisotopic (exact) mass is 408 g/mol. The van der Waals surface area contributed by atoms with Crippen molar-refractivity contribution < 1.29 is 4.74 Å². The second-order valence-electron chi connectivity index (χ2n) is 4.51. The van der Waals surface area contributed by atoms with E-state index in [0.717, 1.165) is 20.0 Å². The molecule has 3 rings (SSSR count). The first-order chi connectivity index (χ1) is 11.2. The molecule has 1 aromatic carbocycles. The first-order valence-corrected chi connectivity index (χ1v) is 8.89. The quantitative estimate of drug-likeness (QED) is 0.491. The Bertz CT molecular complexity index is 897. The number of thiophene rings is 1. The van der Waals surface area contributed by atoms with Crippen LogP contribution in [-0.4, -0.2) is 27.7 Å². The topological polar surface area (TPSA) is 55.2 Å². The van der Waals surface area contributed by atoms with Gasteiger partial charge in [0, 0.05) is 10.4 Å². The molecule has 0 atom stereocenters. The SMILES string of the molecule is CCOc1cccc(-c2n[nH]c(=S)n2N=Cc2ccc(Br)s2)c1. The standard InChI is InChI=1S/C15H13BrN4OS2/c1-2-21-11-5-3-4-10(8-11)14-18-19-15(22)20(14)17-9-12-6-7-13(16)23-12/h3-9H,2H2,1H3,(H,19,22). The third-order valence-electron chi connectivity index (χ3n) is 2.95. The summed E-state index contributed by atoms with van der Waals surface area (Å²) in [6.07, 6.45) is 1.76. The summed E-state index contributed by atoms with van der Waals surface area (Å²) >= 11 is 10.3. The molecule has 3 aromatic rings. The summed E-state index contributed by atoms with van der Waals surface area (Å²) in [6, 6.07) is 11.7. The lowest BCUT2D eigenvalue weighted by atomic mass is 10.2. The van der Waals surface area contributed by atoms with Gasteiger partial charge in [-0.15, -0.1) is 11.3 Å². The Morgan fingerprint density at radius 2 is 2.30 bits per heavy atom. The van der Waals surface area contributed by atoms with E-state index in [0.29, 0.717) is 17.2 Å². The minimum atomic E-state index is 0.439. The van der Waals surface area contributed by atoms with Crippen LogP contribution in [0.1, 0.15) is 11.8 Å². The molecule has 0 unspecified atom stereocenters. The van der Waals surface area contributed by atoms with Gasteiger partial charge in [-0.05, 0) is 59.3 Å². The molecule has 0 radical (unpaired) electrons. The number of hydrogen-bond acceptors (Lipinski definition) is 5. The van der Waals surface area contributed by atoms with Gasteiger partial charge in [0.05, 0.1) is 16.6 Å². The van der Waals surface area contributed by atoms with Crippen LogP contribution in [0.25, 0.3) is 11.4 Å². The van der Waals surface area contributed by atoms with Crippen LogP contribution in [0.5, 0.6) is 5.75 Å². The summed E-state index contributed by atoms with van der Waals surface area (Å²) in [7, 11) is 0. The molecule has 0 bridgehead atoms. The smallest absolute Gasteiger partial charge is 0.216 e. The van der Waals surface area contributed by atoms with Crippen molar-refractivity contribution in [3.63, 3.8) is 0 Å². The molecule has 118 valence electrons. The molecule has 0 saturated heterocycles. The van der Waals surface area contributed by atoms with E-state index in [1.807, 2.05) is 43.3 Å². The fourth-order valence-electron chi connectivity index (χ4n) is 1.99. The number of nitrogens with one attached hydrogen (secondary N) is 1. The van der Waals surface area contributed by atoms with E-state index < -0.39 is 0 Å². The molecule has 0 aliphatic rings. The third kappa shape index (κ3) is 3.77. The predicted molar refractivity (Wildman–Crippen MR) is 99.0 cm³/mol. The Kier molecular flexibility index (Phi) is 5.04. The number of nitrogens with zero attached hydrogens (tertiary/aromatic N) is 3. The van der Waals surface area contributed by atoms with E-state index in [1.54, 1.807) is 22.2 Å². The largest absolute Gasteiger partial charge is 0.494 e. The summed E-state index contributed by atoms with van der Waals surface area (Å²) in [4.78, 5) is 1.02. The van der Waals surface area contributed by atoms with Gasteiger partial charge in [-0.1, -0.05) is 12.1 Å². The number of aromatic amines is 1. The molecule has 0 fully saturated rings. The van der Waals surface area contributed by atoms with E-state index in [4.69, 9.17) is 17.0 Å². The second kappa shape index (κ2) is 7.20. The van der Waals surface area contributed by atoms with Gasteiger partial charge in [0.2, 0.25) is 4.77 Å². The Morgan fingerprint density at radius 1 is 1.43 bits per heavy atom. The molecule has 2 heterocycles. The highest BCUT2D eigenvalue weighted by molar-refractivity contribution is 9.11.